The number of rotatable bonds is 5. The Balaban J connectivity index is 1.53. The van der Waals surface area contributed by atoms with E-state index in [9.17, 15) is 0 Å². The number of nitrogens with zero attached hydrogens (tertiary/aromatic N) is 3. The molecule has 6 heteroatoms. The molecule has 2 aromatic rings. The van der Waals surface area contributed by atoms with Crippen LogP contribution in [-0.2, 0) is 6.42 Å². The Bertz CT molecular complexity index is 827. The molecule has 0 saturated carbocycles. The van der Waals surface area contributed by atoms with Crippen molar-refractivity contribution in [2.45, 2.75) is 13.3 Å². The van der Waals surface area contributed by atoms with Gasteiger partial charge in [0.25, 0.3) is 0 Å². The molecule has 0 bridgehead atoms. The van der Waals surface area contributed by atoms with Gasteiger partial charge in [0.1, 0.15) is 0 Å². The number of benzene rings is 2. The van der Waals surface area contributed by atoms with Gasteiger partial charge in [0.2, 0.25) is 0 Å². The van der Waals surface area contributed by atoms with E-state index in [0.717, 1.165) is 49.9 Å². The van der Waals surface area contributed by atoms with Crippen molar-refractivity contribution in [3.63, 3.8) is 0 Å². The van der Waals surface area contributed by atoms with Crippen LogP contribution in [0.1, 0.15) is 16.7 Å². The second kappa shape index (κ2) is 10.1. The number of aryl methyl sites for hydroxylation is 1. The summed E-state index contributed by atoms with van der Waals surface area (Å²) in [5, 5.41) is 7.43. The van der Waals surface area contributed by atoms with Crippen molar-refractivity contribution in [2.24, 2.45) is 10.1 Å². The molecular formula is C22H27ClN4S. The Labute approximate surface area is 177 Å². The molecule has 0 radical (unpaired) electrons. The molecule has 0 amide bonds. The minimum atomic E-state index is 0.700. The fourth-order valence-electron chi connectivity index (χ4n) is 3.31. The van der Waals surface area contributed by atoms with Crippen molar-refractivity contribution in [3.8, 4) is 0 Å². The lowest BCUT2D eigenvalue weighted by Gasteiger charge is -2.35. The van der Waals surface area contributed by atoms with E-state index in [1.165, 1.54) is 23.1 Å². The van der Waals surface area contributed by atoms with Crippen LogP contribution >= 0.6 is 23.5 Å². The Morgan fingerprint density at radius 1 is 1.14 bits per heavy atom. The molecule has 3 rings (SSSR count). The first-order valence-corrected chi connectivity index (χ1v) is 10.7. The third kappa shape index (κ3) is 5.85. The summed E-state index contributed by atoms with van der Waals surface area (Å²) in [7, 11) is 0. The molecule has 0 unspecified atom stereocenters. The second-order valence-electron chi connectivity index (χ2n) is 7.03. The molecule has 28 heavy (non-hydrogen) atoms. The summed E-state index contributed by atoms with van der Waals surface area (Å²) in [4.78, 5) is 9.42. The molecule has 1 aliphatic heterocycles. The Morgan fingerprint density at radius 3 is 2.50 bits per heavy atom. The predicted octanol–water partition coefficient (Wildman–Crippen LogP) is 4.44. The van der Waals surface area contributed by atoms with Gasteiger partial charge in [-0.2, -0.15) is 0 Å². The van der Waals surface area contributed by atoms with E-state index in [1.54, 1.807) is 0 Å². The molecule has 0 aliphatic carbocycles. The molecule has 148 valence electrons. The van der Waals surface area contributed by atoms with E-state index in [2.05, 4.69) is 52.6 Å². The summed E-state index contributed by atoms with van der Waals surface area (Å²) in [6.07, 6.45) is 1.08. The molecule has 0 aromatic heterocycles. The molecule has 0 spiro atoms. The van der Waals surface area contributed by atoms with E-state index < -0.39 is 0 Å². The normalized spacial score (nSPS) is 15.7. The van der Waals surface area contributed by atoms with Crippen LogP contribution < -0.4 is 5.14 Å². The highest BCUT2D eigenvalue weighted by molar-refractivity contribution is 8.11. The molecule has 0 atom stereocenters. The lowest BCUT2D eigenvalue weighted by Crippen LogP contribution is -2.48. The van der Waals surface area contributed by atoms with Crippen molar-refractivity contribution in [3.05, 3.63) is 76.8 Å². The van der Waals surface area contributed by atoms with Gasteiger partial charge in [-0.05, 0) is 48.6 Å². The topological polar surface area (TPSA) is 44.9 Å². The van der Waals surface area contributed by atoms with Crippen LogP contribution in [0.5, 0.6) is 0 Å². The molecule has 2 aromatic carbocycles. The highest BCUT2D eigenvalue weighted by Gasteiger charge is 2.20. The Hall–Kier alpha value is -1.79. The Kier molecular flexibility index (Phi) is 7.57. The molecular weight excluding hydrogens is 388 g/mol. The van der Waals surface area contributed by atoms with Gasteiger partial charge >= 0.3 is 0 Å². The maximum absolute atomic E-state index is 5.95. The summed E-state index contributed by atoms with van der Waals surface area (Å²) in [6, 6.07) is 16.3. The second-order valence-corrected chi connectivity index (χ2v) is 8.07. The van der Waals surface area contributed by atoms with Crippen LogP contribution in [-0.4, -0.2) is 47.7 Å². The molecule has 1 fully saturated rings. The predicted molar refractivity (Wildman–Crippen MR) is 123 cm³/mol. The maximum atomic E-state index is 5.95. The number of halogens is 1. The SMILES string of the molecule is C=C(/N=C(\SN)N1CCN(CCc2cccc(C)c2)CC1)c1ccc(Cl)cc1. The average Bonchev–Trinajstić information content (AvgIpc) is 2.71. The van der Waals surface area contributed by atoms with Gasteiger partial charge in [0.15, 0.2) is 5.17 Å². The zero-order valence-corrected chi connectivity index (χ0v) is 17.8. The van der Waals surface area contributed by atoms with Crippen molar-refractivity contribution < 1.29 is 0 Å². The zero-order valence-electron chi connectivity index (χ0n) is 16.3. The molecule has 2 N–H and O–H groups in total. The van der Waals surface area contributed by atoms with Gasteiger partial charge in [0, 0.05) is 37.7 Å². The average molecular weight is 415 g/mol. The van der Waals surface area contributed by atoms with Gasteiger partial charge in [0.05, 0.1) is 5.70 Å². The molecule has 1 saturated heterocycles. The van der Waals surface area contributed by atoms with Crippen LogP contribution in [0.25, 0.3) is 5.70 Å². The number of nitrogens with two attached hydrogens (primary N) is 1. The molecule has 4 nitrogen and oxygen atoms in total. The van der Waals surface area contributed by atoms with Crippen LogP contribution in [0.4, 0.5) is 0 Å². The van der Waals surface area contributed by atoms with Crippen LogP contribution in [0, 0.1) is 6.92 Å². The van der Waals surface area contributed by atoms with E-state index >= 15 is 0 Å². The number of amidine groups is 1. The third-order valence-electron chi connectivity index (χ3n) is 4.96. The van der Waals surface area contributed by atoms with E-state index in [0.29, 0.717) is 10.7 Å². The van der Waals surface area contributed by atoms with E-state index in [-0.39, 0.29) is 0 Å². The molecule has 1 heterocycles. The van der Waals surface area contributed by atoms with Gasteiger partial charge in [-0.3, -0.25) is 10.0 Å². The minimum Gasteiger partial charge on any atom is -0.348 e. The monoisotopic (exact) mass is 414 g/mol. The number of hydrogen-bond acceptors (Lipinski definition) is 4. The number of hydrogen-bond donors (Lipinski definition) is 1. The minimum absolute atomic E-state index is 0.700. The first kappa shape index (κ1) is 20.9. The van der Waals surface area contributed by atoms with Gasteiger partial charge in [-0.15, -0.1) is 0 Å². The Morgan fingerprint density at radius 2 is 1.86 bits per heavy atom. The number of piperazine rings is 1. The third-order valence-corrected chi connectivity index (χ3v) is 5.77. The summed E-state index contributed by atoms with van der Waals surface area (Å²) >= 11 is 7.14. The summed E-state index contributed by atoms with van der Waals surface area (Å²) in [5.41, 5.74) is 4.38. The van der Waals surface area contributed by atoms with E-state index in [4.69, 9.17) is 16.7 Å². The van der Waals surface area contributed by atoms with Crippen LogP contribution in [0.2, 0.25) is 5.02 Å². The van der Waals surface area contributed by atoms with Gasteiger partial charge < -0.3 is 4.90 Å². The smallest absolute Gasteiger partial charge is 0.179 e. The van der Waals surface area contributed by atoms with Gasteiger partial charge in [-0.1, -0.05) is 60.1 Å². The standard InChI is InChI=1S/C22H27ClN4S/c1-17-4-3-5-19(16-17)10-11-26-12-14-27(15-13-26)22(28-24)25-18(2)20-6-8-21(23)9-7-20/h3-9,16H,2,10-15,24H2,1H3/b25-22-. The van der Waals surface area contributed by atoms with E-state index in [1.807, 2.05) is 24.3 Å². The summed E-state index contributed by atoms with van der Waals surface area (Å²) < 4.78 is 0. The van der Waals surface area contributed by atoms with Gasteiger partial charge in [-0.25, -0.2) is 4.99 Å². The fraction of sp³-hybridized carbons (Fsp3) is 0.318. The van der Waals surface area contributed by atoms with Crippen molar-refractivity contribution in [2.75, 3.05) is 32.7 Å². The largest absolute Gasteiger partial charge is 0.348 e. The molecule has 1 aliphatic rings. The quantitative estimate of drug-likeness (QED) is 0.446. The fourth-order valence-corrected chi connectivity index (χ4v) is 3.93. The first-order chi connectivity index (χ1) is 13.5. The van der Waals surface area contributed by atoms with Crippen LogP contribution in [0.15, 0.2) is 60.1 Å². The highest BCUT2D eigenvalue weighted by atomic mass is 35.5. The summed E-state index contributed by atoms with van der Waals surface area (Å²) in [5.74, 6) is 0. The van der Waals surface area contributed by atoms with Crippen molar-refractivity contribution in [1.82, 2.24) is 9.80 Å². The lowest BCUT2D eigenvalue weighted by atomic mass is 10.1. The van der Waals surface area contributed by atoms with Crippen molar-refractivity contribution in [1.29, 1.82) is 0 Å². The van der Waals surface area contributed by atoms with Crippen molar-refractivity contribution >= 4 is 34.4 Å². The van der Waals surface area contributed by atoms with Crippen LogP contribution in [0.3, 0.4) is 0 Å². The lowest BCUT2D eigenvalue weighted by molar-refractivity contribution is 0.186. The first-order valence-electron chi connectivity index (χ1n) is 9.48. The zero-order chi connectivity index (χ0) is 19.9. The summed E-state index contributed by atoms with van der Waals surface area (Å²) in [6.45, 7) is 11.2. The maximum Gasteiger partial charge on any atom is 0.179 e. The highest BCUT2D eigenvalue weighted by Crippen LogP contribution is 2.20. The number of aliphatic imine (C=N–C) groups is 1.